The minimum Gasteiger partial charge on any atom is -0.481 e. The Kier molecular flexibility index (Phi) is 4.92. The number of nitrogens with one attached hydrogen (secondary N) is 1. The van der Waals surface area contributed by atoms with Crippen LogP contribution >= 0.6 is 11.5 Å². The summed E-state index contributed by atoms with van der Waals surface area (Å²) in [6.07, 6.45) is 0.886. The number of rotatable bonds is 5. The van der Waals surface area contributed by atoms with Gasteiger partial charge in [-0.15, -0.1) is 0 Å². The third-order valence-electron chi connectivity index (χ3n) is 4.12. The van der Waals surface area contributed by atoms with Crippen LogP contribution in [0.3, 0.4) is 0 Å². The van der Waals surface area contributed by atoms with Crippen LogP contribution in [-0.4, -0.2) is 40.1 Å². The molecule has 1 saturated heterocycles. The Morgan fingerprint density at radius 1 is 1.25 bits per heavy atom. The number of carboxylic acid groups (broad SMARTS) is 1. The lowest BCUT2D eigenvalue weighted by atomic mass is 9.86. The maximum atomic E-state index is 12.6. The highest BCUT2D eigenvalue weighted by Crippen LogP contribution is 2.27. The van der Waals surface area contributed by atoms with Gasteiger partial charge in [-0.25, -0.2) is 0 Å². The smallest absolute Gasteiger partial charge is 0.305 e. The number of carbonyl (C=O) groups is 2. The summed E-state index contributed by atoms with van der Waals surface area (Å²) in [5.74, 6) is -1.20. The van der Waals surface area contributed by atoms with Crippen molar-refractivity contribution in [1.29, 1.82) is 0 Å². The van der Waals surface area contributed by atoms with Crippen LogP contribution < -0.4 is 5.32 Å². The highest BCUT2D eigenvalue weighted by atomic mass is 32.1. The van der Waals surface area contributed by atoms with E-state index in [1.165, 1.54) is 0 Å². The number of aliphatic carboxylic acids is 1. The summed E-state index contributed by atoms with van der Waals surface area (Å²) in [6, 6.07) is 11.4. The van der Waals surface area contributed by atoms with Crippen LogP contribution in [0.15, 0.2) is 36.4 Å². The fraction of sp³-hybridized carbons (Fsp3) is 0.353. The van der Waals surface area contributed by atoms with E-state index in [-0.39, 0.29) is 12.3 Å². The number of amides is 1. The number of benzene rings is 1. The Morgan fingerprint density at radius 3 is 2.62 bits per heavy atom. The van der Waals surface area contributed by atoms with Crippen molar-refractivity contribution in [2.75, 3.05) is 13.2 Å². The van der Waals surface area contributed by atoms with Crippen molar-refractivity contribution in [3.8, 4) is 11.3 Å². The fourth-order valence-electron chi connectivity index (χ4n) is 2.83. The summed E-state index contributed by atoms with van der Waals surface area (Å²) in [5, 5.41) is 12.1. The molecule has 2 aromatic rings. The van der Waals surface area contributed by atoms with Gasteiger partial charge in [0.1, 0.15) is 4.88 Å². The molecule has 1 aliphatic rings. The molecule has 0 unspecified atom stereocenters. The lowest BCUT2D eigenvalue weighted by molar-refractivity contribution is -0.139. The van der Waals surface area contributed by atoms with Crippen LogP contribution in [0.25, 0.3) is 11.3 Å². The van der Waals surface area contributed by atoms with Crippen molar-refractivity contribution in [2.24, 2.45) is 0 Å². The first-order valence-electron chi connectivity index (χ1n) is 7.72. The number of hydrogen-bond acceptors (Lipinski definition) is 5. The highest BCUT2D eigenvalue weighted by Gasteiger charge is 2.37. The van der Waals surface area contributed by atoms with Crippen molar-refractivity contribution in [2.45, 2.75) is 24.8 Å². The molecular formula is C17H18N2O4S. The van der Waals surface area contributed by atoms with E-state index in [0.717, 1.165) is 22.8 Å². The van der Waals surface area contributed by atoms with E-state index in [1.807, 2.05) is 30.3 Å². The highest BCUT2D eigenvalue weighted by molar-refractivity contribution is 7.08. The van der Waals surface area contributed by atoms with Gasteiger partial charge in [0.25, 0.3) is 5.91 Å². The van der Waals surface area contributed by atoms with Crippen LogP contribution in [0.1, 0.15) is 28.9 Å². The molecule has 1 amide bonds. The molecule has 2 N–H and O–H groups in total. The Morgan fingerprint density at radius 2 is 1.96 bits per heavy atom. The molecule has 1 fully saturated rings. The summed E-state index contributed by atoms with van der Waals surface area (Å²) < 4.78 is 9.63. The molecule has 0 bridgehead atoms. The number of nitrogens with zero attached hydrogens (tertiary/aromatic N) is 1. The van der Waals surface area contributed by atoms with Gasteiger partial charge in [0.2, 0.25) is 0 Å². The first kappa shape index (κ1) is 16.6. The largest absolute Gasteiger partial charge is 0.481 e. The molecule has 3 rings (SSSR count). The van der Waals surface area contributed by atoms with Gasteiger partial charge in [-0.2, -0.15) is 4.37 Å². The Bertz CT molecular complexity index is 723. The summed E-state index contributed by atoms with van der Waals surface area (Å²) in [6.45, 7) is 0.900. The Balaban J connectivity index is 1.76. The average Bonchev–Trinajstić information content (AvgIpc) is 3.06. The van der Waals surface area contributed by atoms with Crippen LogP contribution in [0.4, 0.5) is 0 Å². The SMILES string of the molecule is O=C(O)CC1(NC(=O)c2cc(-c3ccccc3)ns2)CCOCC1. The second-order valence-electron chi connectivity index (χ2n) is 5.86. The molecule has 6 nitrogen and oxygen atoms in total. The van der Waals surface area contributed by atoms with Crippen LogP contribution in [0, 0.1) is 0 Å². The molecule has 0 spiro atoms. The van der Waals surface area contributed by atoms with Gasteiger partial charge in [0.15, 0.2) is 0 Å². The van der Waals surface area contributed by atoms with E-state index < -0.39 is 11.5 Å². The van der Waals surface area contributed by atoms with Gasteiger partial charge < -0.3 is 15.2 Å². The van der Waals surface area contributed by atoms with Crippen LogP contribution in [-0.2, 0) is 9.53 Å². The summed E-state index contributed by atoms with van der Waals surface area (Å²) in [4.78, 5) is 24.2. The minimum atomic E-state index is -0.925. The van der Waals surface area contributed by atoms with E-state index in [4.69, 9.17) is 9.84 Å². The molecule has 0 aliphatic carbocycles. The predicted molar refractivity (Wildman–Crippen MR) is 90.1 cm³/mol. The average molecular weight is 346 g/mol. The number of carbonyl (C=O) groups excluding carboxylic acids is 1. The quantitative estimate of drug-likeness (QED) is 0.869. The number of hydrogen-bond donors (Lipinski definition) is 2. The Labute approximate surface area is 143 Å². The van der Waals surface area contributed by atoms with Crippen molar-refractivity contribution in [3.05, 3.63) is 41.3 Å². The normalized spacial score (nSPS) is 16.5. The Hall–Kier alpha value is -2.25. The van der Waals surface area contributed by atoms with E-state index in [0.29, 0.717) is 30.9 Å². The number of aromatic nitrogens is 1. The molecule has 0 saturated carbocycles. The molecule has 2 heterocycles. The van der Waals surface area contributed by atoms with E-state index in [1.54, 1.807) is 6.07 Å². The second kappa shape index (κ2) is 7.11. The summed E-state index contributed by atoms with van der Waals surface area (Å²) in [5.41, 5.74) is 0.932. The monoisotopic (exact) mass is 346 g/mol. The first-order valence-corrected chi connectivity index (χ1v) is 8.50. The fourth-order valence-corrected chi connectivity index (χ4v) is 3.48. The zero-order valence-corrected chi connectivity index (χ0v) is 13.8. The standard InChI is InChI=1S/C17H18N2O4S/c20-15(21)11-17(6-8-23-9-7-17)18-16(22)14-10-13(19-24-14)12-4-2-1-3-5-12/h1-5,10H,6-9,11H2,(H,18,22)(H,20,21). The van der Waals surface area contributed by atoms with Crippen molar-refractivity contribution < 1.29 is 19.4 Å². The zero-order valence-electron chi connectivity index (χ0n) is 13.0. The first-order chi connectivity index (χ1) is 11.6. The molecular weight excluding hydrogens is 328 g/mol. The third-order valence-corrected chi connectivity index (χ3v) is 4.91. The molecule has 7 heteroatoms. The van der Waals surface area contributed by atoms with Crippen molar-refractivity contribution >= 4 is 23.4 Å². The minimum absolute atomic E-state index is 0.105. The van der Waals surface area contributed by atoms with Gasteiger partial charge in [-0.05, 0) is 30.4 Å². The maximum absolute atomic E-state index is 12.6. The van der Waals surface area contributed by atoms with Crippen molar-refractivity contribution in [1.82, 2.24) is 9.69 Å². The predicted octanol–water partition coefficient (Wildman–Crippen LogP) is 2.56. The maximum Gasteiger partial charge on any atom is 0.305 e. The molecule has 126 valence electrons. The molecule has 1 aromatic heterocycles. The van der Waals surface area contributed by atoms with Crippen LogP contribution in [0.5, 0.6) is 0 Å². The van der Waals surface area contributed by atoms with Gasteiger partial charge >= 0.3 is 5.97 Å². The van der Waals surface area contributed by atoms with Crippen molar-refractivity contribution in [3.63, 3.8) is 0 Å². The van der Waals surface area contributed by atoms with E-state index in [9.17, 15) is 9.59 Å². The molecule has 24 heavy (non-hydrogen) atoms. The lowest BCUT2D eigenvalue weighted by Gasteiger charge is -2.36. The van der Waals surface area contributed by atoms with Gasteiger partial charge in [-0.3, -0.25) is 9.59 Å². The van der Waals surface area contributed by atoms with E-state index >= 15 is 0 Å². The third kappa shape index (κ3) is 3.80. The zero-order chi connectivity index (χ0) is 17.0. The van der Waals surface area contributed by atoms with Gasteiger partial charge in [-0.1, -0.05) is 30.3 Å². The summed E-state index contributed by atoms with van der Waals surface area (Å²) in [7, 11) is 0. The number of ether oxygens (including phenoxy) is 1. The summed E-state index contributed by atoms with van der Waals surface area (Å²) >= 11 is 1.12. The molecule has 1 aliphatic heterocycles. The number of carboxylic acids is 1. The molecule has 0 atom stereocenters. The lowest BCUT2D eigenvalue weighted by Crippen LogP contribution is -2.53. The van der Waals surface area contributed by atoms with Crippen LogP contribution in [0.2, 0.25) is 0 Å². The van der Waals surface area contributed by atoms with Gasteiger partial charge in [0.05, 0.1) is 17.7 Å². The van der Waals surface area contributed by atoms with E-state index in [2.05, 4.69) is 9.69 Å². The molecule has 1 aromatic carbocycles. The second-order valence-corrected chi connectivity index (χ2v) is 6.66. The van der Waals surface area contributed by atoms with Gasteiger partial charge in [0, 0.05) is 18.8 Å². The molecule has 0 radical (unpaired) electrons. The topological polar surface area (TPSA) is 88.5 Å².